The van der Waals surface area contributed by atoms with Gasteiger partial charge in [-0.25, -0.2) is 0 Å². The highest BCUT2D eigenvalue weighted by Crippen LogP contribution is 2.62. The molecule has 0 bridgehead atoms. The quantitative estimate of drug-likeness (QED) is 0.500. The fraction of sp³-hybridized carbons (Fsp3) is 0.600. The molecule has 6 atom stereocenters. The minimum Gasteiger partial charge on any atom is -0.497 e. The number of fused-ring (bicyclic) bond motifs is 3. The summed E-state index contributed by atoms with van der Waals surface area (Å²) in [6.45, 7) is 11.4. The van der Waals surface area contributed by atoms with Gasteiger partial charge >= 0.3 is 0 Å². The van der Waals surface area contributed by atoms with Gasteiger partial charge in [-0.1, -0.05) is 57.2 Å². The molecule has 0 spiro atoms. The van der Waals surface area contributed by atoms with E-state index in [4.69, 9.17) is 9.47 Å². The molecule has 1 N–H and O–H groups in total. The molecule has 1 saturated carbocycles. The van der Waals surface area contributed by atoms with Gasteiger partial charge in [0.2, 0.25) is 0 Å². The molecule has 2 aliphatic rings. The van der Waals surface area contributed by atoms with Crippen LogP contribution in [0.3, 0.4) is 0 Å². The topological polar surface area (TPSA) is 38.7 Å². The van der Waals surface area contributed by atoms with E-state index in [1.807, 2.05) is 6.92 Å². The van der Waals surface area contributed by atoms with Crippen molar-refractivity contribution < 1.29 is 14.6 Å². The highest BCUT2D eigenvalue weighted by molar-refractivity contribution is 5.44. The molecule has 1 unspecified atom stereocenters. The van der Waals surface area contributed by atoms with Crippen LogP contribution in [-0.2, 0) is 16.6 Å². The first-order valence-electron chi connectivity index (χ1n) is 12.7. The monoisotopic (exact) mass is 450 g/mol. The summed E-state index contributed by atoms with van der Waals surface area (Å²) in [7, 11) is 1.77. The van der Waals surface area contributed by atoms with Crippen molar-refractivity contribution >= 4 is 0 Å². The lowest BCUT2D eigenvalue weighted by Crippen LogP contribution is -2.53. The molecule has 2 aromatic carbocycles. The molecule has 0 saturated heterocycles. The first kappa shape index (κ1) is 24.3. The molecule has 0 aromatic heterocycles. The molecule has 0 heterocycles. The van der Waals surface area contributed by atoms with Crippen molar-refractivity contribution in [3.63, 3.8) is 0 Å². The smallest absolute Gasteiger partial charge is 0.119 e. The Morgan fingerprint density at radius 1 is 1.03 bits per heavy atom. The second-order valence-corrected chi connectivity index (χ2v) is 11.4. The first-order valence-corrected chi connectivity index (χ1v) is 12.7. The third-order valence-corrected chi connectivity index (χ3v) is 8.78. The molecule has 0 radical (unpaired) electrons. The van der Waals surface area contributed by atoms with Crippen LogP contribution in [0.25, 0.3) is 0 Å². The number of aliphatic hydroxyl groups excluding tert-OH is 1. The Hall–Kier alpha value is -1.84. The third-order valence-electron chi connectivity index (χ3n) is 8.78. The molecular weight excluding hydrogens is 408 g/mol. The van der Waals surface area contributed by atoms with Gasteiger partial charge in [0.15, 0.2) is 0 Å². The average molecular weight is 451 g/mol. The molecule has 180 valence electrons. The summed E-state index contributed by atoms with van der Waals surface area (Å²) in [5.74, 6) is 1.96. The van der Waals surface area contributed by atoms with Crippen LogP contribution in [0.2, 0.25) is 0 Å². The number of hydrogen-bond acceptors (Lipinski definition) is 3. The largest absolute Gasteiger partial charge is 0.497 e. The van der Waals surface area contributed by atoms with Crippen LogP contribution in [0.1, 0.15) is 83.1 Å². The molecule has 3 nitrogen and oxygen atoms in total. The molecule has 33 heavy (non-hydrogen) atoms. The van der Waals surface area contributed by atoms with Crippen LogP contribution in [0.4, 0.5) is 0 Å². The zero-order valence-electron chi connectivity index (χ0n) is 21.3. The number of methoxy groups -OCH3 is 1. The van der Waals surface area contributed by atoms with Crippen molar-refractivity contribution in [1.29, 1.82) is 0 Å². The summed E-state index contributed by atoms with van der Waals surface area (Å²) in [5.41, 5.74) is 4.50. The summed E-state index contributed by atoms with van der Waals surface area (Å²) in [4.78, 5) is 0. The van der Waals surface area contributed by atoms with E-state index in [1.165, 1.54) is 23.1 Å². The maximum absolute atomic E-state index is 9.95. The maximum atomic E-state index is 9.95. The van der Waals surface area contributed by atoms with E-state index in [0.717, 1.165) is 25.0 Å². The van der Waals surface area contributed by atoms with Crippen LogP contribution in [0.15, 0.2) is 48.5 Å². The second kappa shape index (κ2) is 9.43. The molecule has 2 aromatic rings. The Kier molecular flexibility index (Phi) is 6.94. The number of aliphatic hydroxyl groups is 1. The maximum Gasteiger partial charge on any atom is 0.119 e. The average Bonchev–Trinajstić information content (AvgIpc) is 2.77. The number of ether oxygens (including phenoxy) is 2. The van der Waals surface area contributed by atoms with Crippen molar-refractivity contribution in [1.82, 2.24) is 0 Å². The lowest BCUT2D eigenvalue weighted by molar-refractivity contribution is -0.123. The zero-order valence-corrected chi connectivity index (χ0v) is 21.3. The number of rotatable bonds is 7. The van der Waals surface area contributed by atoms with Crippen LogP contribution < -0.4 is 4.74 Å². The van der Waals surface area contributed by atoms with Gasteiger partial charge in [-0.15, -0.1) is 0 Å². The Balaban J connectivity index is 1.69. The summed E-state index contributed by atoms with van der Waals surface area (Å²) in [6.07, 6.45) is 4.96. The van der Waals surface area contributed by atoms with Gasteiger partial charge in [-0.05, 0) is 97.4 Å². The van der Waals surface area contributed by atoms with Crippen LogP contribution >= 0.6 is 0 Å². The van der Waals surface area contributed by atoms with Crippen LogP contribution in [0, 0.1) is 17.3 Å². The summed E-state index contributed by atoms with van der Waals surface area (Å²) >= 11 is 0. The van der Waals surface area contributed by atoms with Gasteiger partial charge in [0.25, 0.3) is 0 Å². The minimum absolute atomic E-state index is 0.00987. The first-order chi connectivity index (χ1) is 15.7. The molecular formula is C30H42O3. The lowest BCUT2D eigenvalue weighted by atomic mass is 9.46. The number of hydrogen-bond donors (Lipinski definition) is 1. The van der Waals surface area contributed by atoms with Crippen molar-refractivity contribution in [2.75, 3.05) is 7.11 Å². The lowest BCUT2D eigenvalue weighted by Gasteiger charge is -2.59. The standard InChI is InChI=1S/C30H42O3/c1-20(31)18-21(2)33-28(23-10-8-7-9-11-23)25-16-17-30(5)26-19-24(32-6)14-12-22(26)13-15-27(30)29(25,3)4/h7-12,14,19-21,25,27-28,31H,13,15-18H2,1-6H3/t20-,21-,25-,27+,28?,30-/m1/s1. The van der Waals surface area contributed by atoms with Gasteiger partial charge in [-0.3, -0.25) is 0 Å². The van der Waals surface area contributed by atoms with E-state index in [1.54, 1.807) is 7.11 Å². The predicted molar refractivity (Wildman–Crippen MR) is 135 cm³/mol. The molecule has 1 fully saturated rings. The van der Waals surface area contributed by atoms with Gasteiger partial charge in [0.1, 0.15) is 5.75 Å². The molecule has 0 aliphatic heterocycles. The van der Waals surface area contributed by atoms with E-state index >= 15 is 0 Å². The zero-order chi connectivity index (χ0) is 23.8. The van der Waals surface area contributed by atoms with E-state index in [9.17, 15) is 5.11 Å². The summed E-state index contributed by atoms with van der Waals surface area (Å²) in [5, 5.41) is 9.95. The summed E-state index contributed by atoms with van der Waals surface area (Å²) in [6, 6.07) is 17.4. The van der Waals surface area contributed by atoms with E-state index in [0.29, 0.717) is 18.3 Å². The van der Waals surface area contributed by atoms with Crippen LogP contribution in [0.5, 0.6) is 5.75 Å². The van der Waals surface area contributed by atoms with E-state index in [2.05, 4.69) is 76.2 Å². The fourth-order valence-electron chi connectivity index (χ4n) is 7.20. The van der Waals surface area contributed by atoms with Gasteiger partial charge in [-0.2, -0.15) is 0 Å². The highest BCUT2D eigenvalue weighted by Gasteiger charge is 2.55. The molecule has 2 aliphatic carbocycles. The van der Waals surface area contributed by atoms with Crippen LogP contribution in [-0.4, -0.2) is 24.4 Å². The van der Waals surface area contributed by atoms with Gasteiger partial charge < -0.3 is 14.6 Å². The Morgan fingerprint density at radius 3 is 2.42 bits per heavy atom. The Bertz CT molecular complexity index is 935. The Labute approximate surface area is 200 Å². The van der Waals surface area contributed by atoms with E-state index in [-0.39, 0.29) is 29.1 Å². The number of benzene rings is 2. The van der Waals surface area contributed by atoms with Crippen molar-refractivity contribution in [3.8, 4) is 5.75 Å². The van der Waals surface area contributed by atoms with Crippen molar-refractivity contribution in [3.05, 3.63) is 65.2 Å². The molecule has 0 amide bonds. The second-order valence-electron chi connectivity index (χ2n) is 11.4. The van der Waals surface area contributed by atoms with E-state index < -0.39 is 0 Å². The van der Waals surface area contributed by atoms with Gasteiger partial charge in [0, 0.05) is 0 Å². The number of aryl methyl sites for hydroxylation is 1. The van der Waals surface area contributed by atoms with Crippen molar-refractivity contribution in [2.45, 2.75) is 90.4 Å². The highest BCUT2D eigenvalue weighted by atomic mass is 16.5. The molecule has 3 heteroatoms. The third kappa shape index (κ3) is 4.59. The van der Waals surface area contributed by atoms with Gasteiger partial charge in [0.05, 0.1) is 25.4 Å². The van der Waals surface area contributed by atoms with Crippen molar-refractivity contribution in [2.24, 2.45) is 17.3 Å². The predicted octanol–water partition coefficient (Wildman–Crippen LogP) is 6.87. The SMILES string of the molecule is COc1ccc2c(c1)[C@@]1(C)CC[C@H](C(O[C@H](C)C[C@@H](C)O)c3ccccc3)C(C)(C)[C@@H]1CC2. The normalized spacial score (nSPS) is 28.8. The molecule has 4 rings (SSSR count). The minimum atomic E-state index is -0.357. The fourth-order valence-corrected chi connectivity index (χ4v) is 7.20. The summed E-state index contributed by atoms with van der Waals surface area (Å²) < 4.78 is 12.4. The Morgan fingerprint density at radius 2 is 1.76 bits per heavy atom.